The van der Waals surface area contributed by atoms with E-state index in [9.17, 15) is 8.42 Å². The first-order valence-corrected chi connectivity index (χ1v) is 8.52. The van der Waals surface area contributed by atoms with Gasteiger partial charge in [0.25, 0.3) is 0 Å². The topological polar surface area (TPSA) is 85.4 Å². The monoisotopic (exact) mass is 301 g/mol. The number of nitrogens with one attached hydrogen (secondary N) is 2. The first kappa shape index (κ1) is 15.5. The fourth-order valence-corrected chi connectivity index (χ4v) is 3.82. The molecule has 1 aromatic heterocycles. The van der Waals surface area contributed by atoms with E-state index < -0.39 is 10.0 Å². The summed E-state index contributed by atoms with van der Waals surface area (Å²) in [5, 5.41) is 8.96. The molecule has 1 unspecified atom stereocenters. The van der Waals surface area contributed by atoms with Gasteiger partial charge in [0.15, 0.2) is 0 Å². The van der Waals surface area contributed by atoms with E-state index in [1.165, 1.54) is 31.5 Å². The van der Waals surface area contributed by atoms with E-state index in [4.69, 9.17) is 5.11 Å². The van der Waals surface area contributed by atoms with Crippen molar-refractivity contribution in [2.24, 2.45) is 0 Å². The lowest BCUT2D eigenvalue weighted by atomic mass is 10.1. The van der Waals surface area contributed by atoms with Crippen molar-refractivity contribution in [3.63, 3.8) is 0 Å². The van der Waals surface area contributed by atoms with Crippen LogP contribution in [-0.2, 0) is 16.6 Å². The van der Waals surface area contributed by atoms with Crippen LogP contribution in [0.15, 0.2) is 17.2 Å². The highest BCUT2D eigenvalue weighted by Gasteiger charge is 2.21. The number of aromatic nitrogens is 1. The fraction of sp³-hybridized carbons (Fsp3) is 0.692. The molecule has 7 heteroatoms. The van der Waals surface area contributed by atoms with Gasteiger partial charge in [0, 0.05) is 24.5 Å². The Hall–Kier alpha value is -0.890. The Balaban J connectivity index is 1.93. The maximum atomic E-state index is 12.2. The zero-order valence-electron chi connectivity index (χ0n) is 11.8. The summed E-state index contributed by atoms with van der Waals surface area (Å²) < 4.78 is 27.1. The van der Waals surface area contributed by atoms with Crippen LogP contribution < -0.4 is 4.72 Å². The second kappa shape index (κ2) is 6.71. The average molecular weight is 301 g/mol. The van der Waals surface area contributed by atoms with Crippen LogP contribution in [-0.4, -0.2) is 49.1 Å². The van der Waals surface area contributed by atoms with Crippen molar-refractivity contribution in [2.75, 3.05) is 19.6 Å². The van der Waals surface area contributed by atoms with E-state index in [-0.39, 0.29) is 17.5 Å². The summed E-state index contributed by atoms with van der Waals surface area (Å²) in [6.07, 6.45) is 5.06. The average Bonchev–Trinajstić information content (AvgIpc) is 2.88. The van der Waals surface area contributed by atoms with Crippen LogP contribution in [0.1, 0.15) is 31.9 Å². The van der Waals surface area contributed by atoms with Crippen molar-refractivity contribution >= 4 is 10.0 Å². The molecule has 0 aliphatic carbocycles. The van der Waals surface area contributed by atoms with Crippen LogP contribution >= 0.6 is 0 Å². The van der Waals surface area contributed by atoms with Gasteiger partial charge in [-0.3, -0.25) is 0 Å². The third-order valence-electron chi connectivity index (χ3n) is 3.53. The van der Waals surface area contributed by atoms with Gasteiger partial charge in [-0.25, -0.2) is 13.1 Å². The molecule has 1 aromatic rings. The number of nitrogens with zero attached hydrogens (tertiary/aromatic N) is 1. The lowest BCUT2D eigenvalue weighted by Gasteiger charge is -2.29. The largest absolute Gasteiger partial charge is 0.390 e. The van der Waals surface area contributed by atoms with Crippen LogP contribution in [0.5, 0.6) is 0 Å². The number of rotatable bonds is 6. The molecular formula is C13H23N3O3S. The lowest BCUT2D eigenvalue weighted by molar-refractivity contribution is 0.215. The number of hydrogen-bond donors (Lipinski definition) is 3. The van der Waals surface area contributed by atoms with Crippen molar-refractivity contribution in [2.45, 2.75) is 43.7 Å². The summed E-state index contributed by atoms with van der Waals surface area (Å²) >= 11 is 0. The summed E-state index contributed by atoms with van der Waals surface area (Å²) in [6, 6.07) is 1.32. The van der Waals surface area contributed by atoms with Gasteiger partial charge in [-0.1, -0.05) is 6.42 Å². The van der Waals surface area contributed by atoms with E-state index in [1.807, 2.05) is 6.92 Å². The quantitative estimate of drug-likeness (QED) is 0.720. The summed E-state index contributed by atoms with van der Waals surface area (Å²) in [6.45, 7) is 4.51. The number of piperidine rings is 1. The molecule has 0 saturated carbocycles. The van der Waals surface area contributed by atoms with Gasteiger partial charge in [-0.2, -0.15) is 0 Å². The Kier molecular flexibility index (Phi) is 5.20. The second-order valence-electron chi connectivity index (χ2n) is 5.40. The number of sulfonamides is 1. The molecule has 1 saturated heterocycles. The summed E-state index contributed by atoms with van der Waals surface area (Å²) in [5.41, 5.74) is 0.494. The normalized spacial score (nSPS) is 19.1. The van der Waals surface area contributed by atoms with E-state index >= 15 is 0 Å². The van der Waals surface area contributed by atoms with Gasteiger partial charge >= 0.3 is 0 Å². The molecule has 0 amide bonds. The van der Waals surface area contributed by atoms with Crippen LogP contribution in [0.4, 0.5) is 0 Å². The maximum Gasteiger partial charge on any atom is 0.242 e. The van der Waals surface area contributed by atoms with E-state index in [0.29, 0.717) is 5.69 Å². The highest BCUT2D eigenvalue weighted by molar-refractivity contribution is 7.89. The molecule has 2 rings (SSSR count). The Morgan fingerprint density at radius 2 is 2.10 bits per heavy atom. The van der Waals surface area contributed by atoms with Crippen LogP contribution in [0.2, 0.25) is 0 Å². The lowest BCUT2D eigenvalue weighted by Crippen LogP contribution is -2.43. The minimum atomic E-state index is -3.52. The molecule has 0 aromatic carbocycles. The van der Waals surface area contributed by atoms with Crippen LogP contribution in [0.3, 0.4) is 0 Å². The smallest absolute Gasteiger partial charge is 0.242 e. The molecule has 1 aliphatic heterocycles. The molecule has 3 N–H and O–H groups in total. The standard InChI is InChI=1S/C13H23N3O3S/c1-11(9-16-5-3-2-4-6-16)15-20(18,19)13-7-12(10-17)14-8-13/h7-8,11,14-15,17H,2-6,9-10H2,1H3. The van der Waals surface area contributed by atoms with Crippen molar-refractivity contribution < 1.29 is 13.5 Å². The summed E-state index contributed by atoms with van der Waals surface area (Å²) in [4.78, 5) is 5.21. The Labute approximate surface area is 120 Å². The number of likely N-dealkylation sites (tertiary alicyclic amines) is 1. The molecule has 114 valence electrons. The third-order valence-corrected chi connectivity index (χ3v) is 5.10. The molecule has 1 fully saturated rings. The number of aliphatic hydroxyl groups excluding tert-OH is 1. The molecule has 1 atom stereocenters. The molecule has 0 spiro atoms. The molecule has 20 heavy (non-hydrogen) atoms. The zero-order chi connectivity index (χ0) is 14.6. The molecule has 1 aliphatic rings. The van der Waals surface area contributed by atoms with Gasteiger partial charge in [0.05, 0.1) is 11.5 Å². The van der Waals surface area contributed by atoms with Crippen molar-refractivity contribution in [1.82, 2.24) is 14.6 Å². The SMILES string of the molecule is CC(CN1CCCCC1)NS(=O)(=O)c1c[nH]c(CO)c1. The highest BCUT2D eigenvalue weighted by atomic mass is 32.2. The van der Waals surface area contributed by atoms with Gasteiger partial charge in [0.1, 0.15) is 0 Å². The molecule has 0 radical (unpaired) electrons. The zero-order valence-corrected chi connectivity index (χ0v) is 12.6. The number of aromatic amines is 1. The predicted molar refractivity (Wildman–Crippen MR) is 76.8 cm³/mol. The van der Waals surface area contributed by atoms with E-state index in [2.05, 4.69) is 14.6 Å². The predicted octanol–water partition coefficient (Wildman–Crippen LogP) is 0.660. The minimum absolute atomic E-state index is 0.134. The molecular weight excluding hydrogens is 278 g/mol. The fourth-order valence-electron chi connectivity index (χ4n) is 2.56. The summed E-state index contributed by atoms with van der Waals surface area (Å²) in [7, 11) is -3.52. The van der Waals surface area contributed by atoms with Gasteiger partial charge < -0.3 is 15.0 Å². The van der Waals surface area contributed by atoms with Crippen molar-refractivity contribution in [3.05, 3.63) is 18.0 Å². The van der Waals surface area contributed by atoms with Crippen LogP contribution in [0, 0.1) is 0 Å². The second-order valence-corrected chi connectivity index (χ2v) is 7.12. The van der Waals surface area contributed by atoms with Gasteiger partial charge in [-0.15, -0.1) is 0 Å². The Bertz CT molecular complexity index is 521. The molecule has 2 heterocycles. The van der Waals surface area contributed by atoms with E-state index in [0.717, 1.165) is 19.6 Å². The third kappa shape index (κ3) is 4.05. The molecule has 0 bridgehead atoms. The number of hydrogen-bond acceptors (Lipinski definition) is 4. The van der Waals surface area contributed by atoms with E-state index in [1.54, 1.807) is 0 Å². The van der Waals surface area contributed by atoms with Crippen molar-refractivity contribution in [3.8, 4) is 0 Å². The number of H-pyrrole nitrogens is 1. The maximum absolute atomic E-state index is 12.2. The van der Waals surface area contributed by atoms with Gasteiger partial charge in [-0.05, 0) is 38.9 Å². The Morgan fingerprint density at radius 1 is 1.40 bits per heavy atom. The first-order chi connectivity index (χ1) is 9.51. The van der Waals surface area contributed by atoms with Gasteiger partial charge in [0.2, 0.25) is 10.0 Å². The van der Waals surface area contributed by atoms with Crippen molar-refractivity contribution in [1.29, 1.82) is 0 Å². The van der Waals surface area contributed by atoms with Crippen LogP contribution in [0.25, 0.3) is 0 Å². The number of aliphatic hydroxyl groups is 1. The minimum Gasteiger partial charge on any atom is -0.390 e. The first-order valence-electron chi connectivity index (χ1n) is 7.04. The molecule has 6 nitrogen and oxygen atoms in total. The summed E-state index contributed by atoms with van der Waals surface area (Å²) in [5.74, 6) is 0. The Morgan fingerprint density at radius 3 is 2.70 bits per heavy atom. The highest BCUT2D eigenvalue weighted by Crippen LogP contribution is 2.13.